The molecule has 0 radical (unpaired) electrons. The Morgan fingerprint density at radius 3 is 2.27 bits per heavy atom. The topological polar surface area (TPSA) is 22.0 Å². The minimum atomic E-state index is 0.198. The fourth-order valence-electron chi connectivity index (χ4n) is 1.58. The zero-order chi connectivity index (χ0) is 10.7. The Bertz CT molecular complexity index is 440. The number of Topliss-reactive ketones (excluding diaryl/α,β-unsaturated/α-hetero) is 1. The normalized spacial score (nSPS) is 10.2. The lowest BCUT2D eigenvalue weighted by Crippen LogP contribution is -1.96. The maximum atomic E-state index is 10.9. The molecule has 76 valence electrons. The van der Waals surface area contributed by atoms with Crippen LogP contribution in [0.5, 0.6) is 0 Å². The molecule has 2 rings (SSSR count). The summed E-state index contributed by atoms with van der Waals surface area (Å²) in [7, 11) is 0. The first kappa shape index (κ1) is 9.71. The van der Waals surface area contributed by atoms with Gasteiger partial charge in [-0.1, -0.05) is 12.1 Å². The van der Waals surface area contributed by atoms with Crippen molar-refractivity contribution in [2.45, 2.75) is 13.3 Å². The third kappa shape index (κ3) is 2.34. The van der Waals surface area contributed by atoms with E-state index < -0.39 is 0 Å². The first-order chi connectivity index (χ1) is 7.25. The van der Waals surface area contributed by atoms with E-state index in [4.69, 9.17) is 0 Å². The SMILES string of the molecule is CC(=O)Cc1ccc(-n2cccc2)cc1. The van der Waals surface area contributed by atoms with Gasteiger partial charge in [0.1, 0.15) is 5.78 Å². The van der Waals surface area contributed by atoms with E-state index in [1.807, 2.05) is 53.4 Å². The van der Waals surface area contributed by atoms with Crippen LogP contribution in [-0.2, 0) is 11.2 Å². The number of nitrogens with zero attached hydrogens (tertiary/aromatic N) is 1. The molecule has 0 spiro atoms. The number of aromatic nitrogens is 1. The van der Waals surface area contributed by atoms with Crippen LogP contribution < -0.4 is 0 Å². The molecule has 0 amide bonds. The van der Waals surface area contributed by atoms with Gasteiger partial charge >= 0.3 is 0 Å². The summed E-state index contributed by atoms with van der Waals surface area (Å²) in [5.74, 6) is 0.198. The molecule has 0 saturated carbocycles. The van der Waals surface area contributed by atoms with Crippen molar-refractivity contribution in [3.05, 3.63) is 54.4 Å². The molecular weight excluding hydrogens is 186 g/mol. The molecule has 2 nitrogen and oxygen atoms in total. The van der Waals surface area contributed by atoms with E-state index in [-0.39, 0.29) is 5.78 Å². The summed E-state index contributed by atoms with van der Waals surface area (Å²) in [6.07, 6.45) is 4.52. The standard InChI is InChI=1S/C13H13NO/c1-11(15)10-12-4-6-13(7-5-12)14-8-2-3-9-14/h2-9H,10H2,1H3. The summed E-state index contributed by atoms with van der Waals surface area (Å²) in [5, 5.41) is 0. The highest BCUT2D eigenvalue weighted by atomic mass is 16.1. The van der Waals surface area contributed by atoms with Crippen LogP contribution in [0.25, 0.3) is 5.69 Å². The fourth-order valence-corrected chi connectivity index (χ4v) is 1.58. The van der Waals surface area contributed by atoms with Gasteiger partial charge in [0, 0.05) is 24.5 Å². The summed E-state index contributed by atoms with van der Waals surface area (Å²) in [4.78, 5) is 10.9. The van der Waals surface area contributed by atoms with Crippen LogP contribution in [0.4, 0.5) is 0 Å². The van der Waals surface area contributed by atoms with Gasteiger partial charge in [-0.05, 0) is 36.8 Å². The van der Waals surface area contributed by atoms with Crippen LogP contribution in [0.1, 0.15) is 12.5 Å². The van der Waals surface area contributed by atoms with Crippen LogP contribution in [0, 0.1) is 0 Å². The lowest BCUT2D eigenvalue weighted by molar-refractivity contribution is -0.116. The number of rotatable bonds is 3. The van der Waals surface area contributed by atoms with E-state index >= 15 is 0 Å². The first-order valence-corrected chi connectivity index (χ1v) is 4.97. The van der Waals surface area contributed by atoms with Gasteiger partial charge in [0.05, 0.1) is 0 Å². The Hall–Kier alpha value is -1.83. The molecule has 1 aromatic carbocycles. The van der Waals surface area contributed by atoms with Gasteiger partial charge < -0.3 is 4.57 Å². The Morgan fingerprint density at radius 1 is 1.13 bits per heavy atom. The van der Waals surface area contributed by atoms with Crippen LogP contribution in [0.2, 0.25) is 0 Å². The lowest BCUT2D eigenvalue weighted by atomic mass is 10.1. The van der Waals surface area contributed by atoms with Crippen molar-refractivity contribution in [2.75, 3.05) is 0 Å². The predicted molar refractivity (Wildman–Crippen MR) is 60.2 cm³/mol. The molecule has 1 aromatic heterocycles. The van der Waals surface area contributed by atoms with E-state index in [0.29, 0.717) is 6.42 Å². The van der Waals surface area contributed by atoms with E-state index in [2.05, 4.69) is 0 Å². The summed E-state index contributed by atoms with van der Waals surface area (Å²) in [6.45, 7) is 1.61. The second-order valence-electron chi connectivity index (χ2n) is 3.64. The molecule has 0 N–H and O–H groups in total. The summed E-state index contributed by atoms with van der Waals surface area (Å²) >= 11 is 0. The maximum Gasteiger partial charge on any atom is 0.134 e. The van der Waals surface area contributed by atoms with Gasteiger partial charge in [-0.15, -0.1) is 0 Å². The molecule has 15 heavy (non-hydrogen) atoms. The van der Waals surface area contributed by atoms with E-state index in [1.54, 1.807) is 6.92 Å². The van der Waals surface area contributed by atoms with E-state index in [0.717, 1.165) is 11.3 Å². The van der Waals surface area contributed by atoms with Crippen molar-refractivity contribution in [1.82, 2.24) is 4.57 Å². The Morgan fingerprint density at radius 2 is 1.73 bits per heavy atom. The van der Waals surface area contributed by atoms with Crippen LogP contribution in [0.15, 0.2) is 48.8 Å². The number of ketones is 1. The van der Waals surface area contributed by atoms with Gasteiger partial charge in [0.2, 0.25) is 0 Å². The zero-order valence-corrected chi connectivity index (χ0v) is 8.68. The monoisotopic (exact) mass is 199 g/mol. The first-order valence-electron chi connectivity index (χ1n) is 4.97. The minimum absolute atomic E-state index is 0.198. The average Bonchev–Trinajstić information content (AvgIpc) is 2.71. The van der Waals surface area contributed by atoms with Crippen LogP contribution in [0.3, 0.4) is 0 Å². The molecule has 0 atom stereocenters. The third-order valence-electron chi connectivity index (χ3n) is 2.29. The minimum Gasteiger partial charge on any atom is -0.324 e. The highest BCUT2D eigenvalue weighted by molar-refractivity contribution is 5.78. The highest BCUT2D eigenvalue weighted by Crippen LogP contribution is 2.10. The van der Waals surface area contributed by atoms with Crippen molar-refractivity contribution in [3.63, 3.8) is 0 Å². The number of benzene rings is 1. The molecule has 0 unspecified atom stereocenters. The largest absolute Gasteiger partial charge is 0.324 e. The number of hydrogen-bond donors (Lipinski definition) is 0. The third-order valence-corrected chi connectivity index (χ3v) is 2.29. The summed E-state index contributed by atoms with van der Waals surface area (Å²) < 4.78 is 2.04. The Kier molecular flexibility index (Phi) is 2.68. The maximum absolute atomic E-state index is 10.9. The molecule has 2 heteroatoms. The van der Waals surface area contributed by atoms with Crippen LogP contribution in [-0.4, -0.2) is 10.4 Å². The van der Waals surface area contributed by atoms with Crippen LogP contribution >= 0.6 is 0 Å². The average molecular weight is 199 g/mol. The van der Waals surface area contributed by atoms with E-state index in [9.17, 15) is 4.79 Å². The van der Waals surface area contributed by atoms with Crippen molar-refractivity contribution < 1.29 is 4.79 Å². The fraction of sp³-hybridized carbons (Fsp3) is 0.154. The lowest BCUT2D eigenvalue weighted by Gasteiger charge is -2.03. The van der Waals surface area contributed by atoms with Gasteiger partial charge in [0.25, 0.3) is 0 Å². The number of hydrogen-bond acceptors (Lipinski definition) is 1. The van der Waals surface area contributed by atoms with Gasteiger partial charge in [-0.3, -0.25) is 4.79 Å². The summed E-state index contributed by atoms with van der Waals surface area (Å²) in [6, 6.07) is 12.0. The van der Waals surface area contributed by atoms with Crippen molar-refractivity contribution >= 4 is 5.78 Å². The molecule has 0 bridgehead atoms. The molecule has 0 aliphatic heterocycles. The molecular formula is C13H13NO. The second-order valence-corrected chi connectivity index (χ2v) is 3.64. The number of carbonyl (C=O) groups is 1. The second kappa shape index (κ2) is 4.13. The van der Waals surface area contributed by atoms with Crippen molar-refractivity contribution in [1.29, 1.82) is 0 Å². The molecule has 0 aliphatic carbocycles. The predicted octanol–water partition coefficient (Wildman–Crippen LogP) is 2.61. The zero-order valence-electron chi connectivity index (χ0n) is 8.68. The van der Waals surface area contributed by atoms with Crippen molar-refractivity contribution in [2.24, 2.45) is 0 Å². The quantitative estimate of drug-likeness (QED) is 0.744. The molecule has 2 aromatic rings. The molecule has 0 saturated heterocycles. The van der Waals surface area contributed by atoms with Crippen molar-refractivity contribution in [3.8, 4) is 5.69 Å². The molecule has 0 fully saturated rings. The smallest absolute Gasteiger partial charge is 0.134 e. The van der Waals surface area contributed by atoms with Gasteiger partial charge in [-0.25, -0.2) is 0 Å². The molecule has 0 aliphatic rings. The number of carbonyl (C=O) groups excluding carboxylic acids is 1. The van der Waals surface area contributed by atoms with E-state index in [1.165, 1.54) is 0 Å². The summed E-state index contributed by atoms with van der Waals surface area (Å²) in [5.41, 5.74) is 2.19. The van der Waals surface area contributed by atoms with Gasteiger partial charge in [0.15, 0.2) is 0 Å². The Balaban J connectivity index is 2.21. The molecule has 1 heterocycles. The highest BCUT2D eigenvalue weighted by Gasteiger charge is 1.98. The Labute approximate surface area is 89.2 Å². The van der Waals surface area contributed by atoms with Gasteiger partial charge in [-0.2, -0.15) is 0 Å².